The van der Waals surface area contributed by atoms with Crippen LogP contribution in [0.1, 0.15) is 31.8 Å². The van der Waals surface area contributed by atoms with Crippen LogP contribution in [-0.4, -0.2) is 20.5 Å². The Kier molecular flexibility index (Phi) is 11.3. The van der Waals surface area contributed by atoms with E-state index in [0.29, 0.717) is 11.1 Å². The van der Waals surface area contributed by atoms with E-state index < -0.39 is 20.4 Å². The van der Waals surface area contributed by atoms with Crippen molar-refractivity contribution >= 4 is 53.4 Å². The molecule has 0 heterocycles. The molecule has 0 spiro atoms. The predicted molar refractivity (Wildman–Crippen MR) is 99.3 cm³/mol. The molecule has 0 saturated heterocycles. The molecule has 0 aliphatic heterocycles. The van der Waals surface area contributed by atoms with Crippen LogP contribution in [0.15, 0.2) is 48.5 Å². The summed E-state index contributed by atoms with van der Waals surface area (Å²) in [5.74, 6) is -0.875. The van der Waals surface area contributed by atoms with Gasteiger partial charge in [-0.2, -0.15) is 0 Å². The van der Waals surface area contributed by atoms with Crippen molar-refractivity contribution in [2.24, 2.45) is 0 Å². The van der Waals surface area contributed by atoms with Crippen molar-refractivity contribution in [2.45, 2.75) is 13.8 Å². The summed E-state index contributed by atoms with van der Waals surface area (Å²) in [6.45, 7) is 3.88. The number of hydrogen-bond donors (Lipinski definition) is 1. The van der Waals surface area contributed by atoms with Crippen LogP contribution in [0.3, 0.4) is 0 Å². The first-order chi connectivity index (χ1) is 11.1. The second kappa shape index (κ2) is 12.0. The number of halogens is 3. The quantitative estimate of drug-likeness (QED) is 0.700. The number of carboxylic acid groups (broad SMARTS) is 1. The third-order valence-corrected chi connectivity index (χ3v) is 2.80. The number of carboxylic acids is 1. The average molecular weight is 410 g/mol. The van der Waals surface area contributed by atoms with E-state index in [-0.39, 0.29) is 0 Å². The van der Waals surface area contributed by atoms with Gasteiger partial charge in [-0.25, -0.2) is 9.00 Å². The van der Waals surface area contributed by atoms with Crippen LogP contribution in [0.25, 0.3) is 0 Å². The van der Waals surface area contributed by atoms with Crippen LogP contribution in [0.5, 0.6) is 0 Å². The molecular formula is C16H15Cl3O4S. The summed E-state index contributed by atoms with van der Waals surface area (Å²) >= 11 is 5.22. The molecule has 0 unspecified atom stereocenters. The number of aromatic carboxylic acids is 1. The van der Waals surface area contributed by atoms with E-state index in [2.05, 4.69) is 21.4 Å². The fraction of sp³-hybridized carbons (Fsp3) is 0.125. The van der Waals surface area contributed by atoms with Crippen molar-refractivity contribution < 1.29 is 18.9 Å². The number of aryl methyl sites for hydroxylation is 2. The normalized spacial score (nSPS) is 9.25. The molecule has 1 N–H and O–H groups in total. The summed E-state index contributed by atoms with van der Waals surface area (Å²) in [4.78, 5) is 20.8. The molecule has 0 bridgehead atoms. The molecule has 0 aromatic heterocycles. The van der Waals surface area contributed by atoms with Crippen LogP contribution in [0, 0.1) is 13.8 Å². The number of carbonyl (C=O) groups is 2. The molecule has 2 aromatic carbocycles. The molecule has 130 valence electrons. The highest BCUT2D eigenvalue weighted by molar-refractivity contribution is 8.26. The third-order valence-electron chi connectivity index (χ3n) is 2.58. The minimum Gasteiger partial charge on any atom is -0.478 e. The maximum atomic E-state index is 10.5. The van der Waals surface area contributed by atoms with Crippen molar-refractivity contribution in [3.8, 4) is 0 Å². The highest BCUT2D eigenvalue weighted by Gasteiger charge is 1.99. The van der Waals surface area contributed by atoms with Crippen molar-refractivity contribution in [2.75, 3.05) is 0 Å². The predicted octanol–water partition coefficient (Wildman–Crippen LogP) is 5.11. The highest BCUT2D eigenvalue weighted by atomic mass is 36.0. The van der Waals surface area contributed by atoms with Crippen molar-refractivity contribution in [1.82, 2.24) is 0 Å². The fourth-order valence-corrected chi connectivity index (χ4v) is 1.51. The first-order valence-electron chi connectivity index (χ1n) is 6.44. The van der Waals surface area contributed by atoms with Gasteiger partial charge in [0, 0.05) is 26.9 Å². The van der Waals surface area contributed by atoms with E-state index >= 15 is 0 Å². The van der Waals surface area contributed by atoms with E-state index in [1.807, 2.05) is 26.0 Å². The van der Waals surface area contributed by atoms with Gasteiger partial charge in [0.2, 0.25) is 9.23 Å². The Morgan fingerprint density at radius 1 is 0.833 bits per heavy atom. The average Bonchev–Trinajstić information content (AvgIpc) is 2.48. The van der Waals surface area contributed by atoms with Crippen LogP contribution in [-0.2, 0) is 9.23 Å². The number of rotatable bonds is 2. The lowest BCUT2D eigenvalue weighted by Crippen LogP contribution is -1.94. The number of hydrogen-bond acceptors (Lipinski definition) is 3. The van der Waals surface area contributed by atoms with E-state index in [4.69, 9.17) is 20.9 Å². The Labute approximate surface area is 156 Å². The summed E-state index contributed by atoms with van der Waals surface area (Å²) in [6, 6.07) is 13.9. The summed E-state index contributed by atoms with van der Waals surface area (Å²) < 4.78 is 9.09. The summed E-state index contributed by atoms with van der Waals surface area (Å²) in [5, 5.41) is 8.07. The van der Waals surface area contributed by atoms with Gasteiger partial charge in [-0.15, -0.1) is 0 Å². The summed E-state index contributed by atoms with van der Waals surface area (Å²) in [6.07, 6.45) is 0. The second-order valence-corrected chi connectivity index (χ2v) is 7.36. The van der Waals surface area contributed by atoms with E-state index in [1.54, 1.807) is 36.4 Å². The van der Waals surface area contributed by atoms with Gasteiger partial charge in [0.15, 0.2) is 0 Å². The topological polar surface area (TPSA) is 71.4 Å². The molecular weight excluding hydrogens is 395 g/mol. The first kappa shape index (κ1) is 22.6. The molecule has 0 saturated carbocycles. The molecule has 0 radical (unpaired) electrons. The minimum absolute atomic E-state index is 0.339. The molecule has 0 fully saturated rings. The van der Waals surface area contributed by atoms with Gasteiger partial charge in [-0.05, 0) is 49.7 Å². The summed E-state index contributed by atoms with van der Waals surface area (Å²) in [7, 11) is 7.36. The van der Waals surface area contributed by atoms with E-state index in [9.17, 15) is 9.59 Å². The molecule has 0 atom stereocenters. The zero-order valence-electron chi connectivity index (χ0n) is 12.8. The van der Waals surface area contributed by atoms with Crippen LogP contribution in [0.4, 0.5) is 0 Å². The maximum absolute atomic E-state index is 10.5. The van der Waals surface area contributed by atoms with Gasteiger partial charge >= 0.3 is 5.97 Å². The SMILES string of the molecule is Cc1ccc(C(=O)Cl)cc1.Cc1ccc(C(=O)O)cc1.O=S(Cl)Cl. The van der Waals surface area contributed by atoms with Crippen LogP contribution < -0.4 is 0 Å². The van der Waals surface area contributed by atoms with Gasteiger partial charge in [0.05, 0.1) is 5.56 Å². The van der Waals surface area contributed by atoms with Crippen molar-refractivity contribution in [3.63, 3.8) is 0 Å². The van der Waals surface area contributed by atoms with Gasteiger partial charge in [-0.1, -0.05) is 35.4 Å². The molecule has 0 amide bonds. The van der Waals surface area contributed by atoms with Crippen molar-refractivity contribution in [1.29, 1.82) is 0 Å². The lowest BCUT2D eigenvalue weighted by molar-refractivity contribution is 0.0696. The molecule has 2 aromatic rings. The fourth-order valence-electron chi connectivity index (χ4n) is 1.38. The minimum atomic E-state index is -1.67. The third kappa shape index (κ3) is 11.2. The smallest absolute Gasteiger partial charge is 0.335 e. The lowest BCUT2D eigenvalue weighted by atomic mass is 10.2. The molecule has 4 nitrogen and oxygen atoms in total. The van der Waals surface area contributed by atoms with Crippen LogP contribution in [0.2, 0.25) is 0 Å². The Balaban J connectivity index is 0.000000363. The van der Waals surface area contributed by atoms with E-state index in [0.717, 1.165) is 11.1 Å². The maximum Gasteiger partial charge on any atom is 0.335 e. The highest BCUT2D eigenvalue weighted by Crippen LogP contribution is 2.05. The molecule has 0 aliphatic rings. The largest absolute Gasteiger partial charge is 0.478 e. The summed E-state index contributed by atoms with van der Waals surface area (Å²) in [5.41, 5.74) is 3.09. The zero-order chi connectivity index (χ0) is 18.7. The molecule has 2 rings (SSSR count). The number of carbonyl (C=O) groups excluding carboxylic acids is 1. The van der Waals surface area contributed by atoms with Crippen molar-refractivity contribution in [3.05, 3.63) is 70.8 Å². The Hall–Kier alpha value is -1.40. The first-order valence-corrected chi connectivity index (χ1v) is 9.62. The monoisotopic (exact) mass is 408 g/mol. The van der Waals surface area contributed by atoms with Crippen LogP contribution >= 0.6 is 33.0 Å². The Bertz CT molecular complexity index is 626. The molecule has 24 heavy (non-hydrogen) atoms. The van der Waals surface area contributed by atoms with Gasteiger partial charge in [0.1, 0.15) is 0 Å². The lowest BCUT2D eigenvalue weighted by Gasteiger charge is -1.92. The van der Waals surface area contributed by atoms with Gasteiger partial charge in [-0.3, -0.25) is 4.79 Å². The second-order valence-electron chi connectivity index (χ2n) is 4.50. The Morgan fingerprint density at radius 3 is 1.38 bits per heavy atom. The van der Waals surface area contributed by atoms with E-state index in [1.165, 1.54) is 0 Å². The van der Waals surface area contributed by atoms with Gasteiger partial charge in [0.25, 0.3) is 5.24 Å². The Morgan fingerprint density at radius 2 is 1.12 bits per heavy atom. The molecule has 8 heteroatoms. The molecule has 0 aliphatic carbocycles. The zero-order valence-corrected chi connectivity index (χ0v) is 15.9. The number of benzene rings is 2. The van der Waals surface area contributed by atoms with Gasteiger partial charge < -0.3 is 5.11 Å². The standard InChI is InChI=1S/C8H7ClO.C8H8O2.Cl2OS/c2*1-6-2-4-7(5-3-6)8(9)10;1-4(2)3/h2-5H,1H3;2-5H,1H3,(H,9,10);.